The number of piperidine rings is 1. The normalized spacial score (nSPS) is 17.0. The minimum absolute atomic E-state index is 0.177. The van der Waals surface area contributed by atoms with Crippen molar-refractivity contribution in [3.8, 4) is 11.5 Å². The van der Waals surface area contributed by atoms with E-state index < -0.39 is 0 Å². The molecule has 0 unspecified atom stereocenters. The van der Waals surface area contributed by atoms with E-state index in [2.05, 4.69) is 23.1 Å². The van der Waals surface area contributed by atoms with Gasteiger partial charge in [0.2, 0.25) is 5.91 Å². The number of nitrogens with zero attached hydrogens (tertiary/aromatic N) is 2. The van der Waals surface area contributed by atoms with Crippen molar-refractivity contribution in [3.05, 3.63) is 59.2 Å². The smallest absolute Gasteiger partial charge is 0.223 e. The Bertz CT molecular complexity index is 861. The minimum Gasteiger partial charge on any atom is -0.497 e. The van der Waals surface area contributed by atoms with E-state index in [0.29, 0.717) is 26.1 Å². The zero-order chi connectivity index (χ0) is 20.8. The van der Waals surface area contributed by atoms with Gasteiger partial charge in [-0.15, -0.1) is 0 Å². The fourth-order valence-electron chi connectivity index (χ4n) is 4.37. The predicted molar refractivity (Wildman–Crippen MR) is 118 cm³/mol. The summed E-state index contributed by atoms with van der Waals surface area (Å²) in [6.07, 6.45) is 5.15. The molecule has 4 rings (SSSR count). The number of carbonyl (C=O) groups excluding carboxylic acids is 1. The molecule has 160 valence electrons. The summed E-state index contributed by atoms with van der Waals surface area (Å²) in [5.41, 5.74) is 3.56. The first kappa shape index (κ1) is 20.7. The van der Waals surface area contributed by atoms with Gasteiger partial charge < -0.3 is 14.4 Å². The molecule has 0 saturated carbocycles. The van der Waals surface area contributed by atoms with Gasteiger partial charge >= 0.3 is 0 Å². The summed E-state index contributed by atoms with van der Waals surface area (Å²) in [5.74, 6) is 1.93. The van der Waals surface area contributed by atoms with Crippen LogP contribution in [0.15, 0.2) is 42.5 Å². The zero-order valence-electron chi connectivity index (χ0n) is 17.9. The van der Waals surface area contributed by atoms with E-state index in [1.807, 2.05) is 29.2 Å². The molecular weight excluding hydrogens is 376 g/mol. The quantitative estimate of drug-likeness (QED) is 0.724. The summed E-state index contributed by atoms with van der Waals surface area (Å²) in [7, 11) is 1.67. The maximum atomic E-state index is 12.9. The number of aryl methyl sites for hydroxylation is 1. The van der Waals surface area contributed by atoms with Crippen LogP contribution in [0.1, 0.15) is 42.4 Å². The van der Waals surface area contributed by atoms with Crippen LogP contribution in [-0.4, -0.2) is 49.1 Å². The number of hydrogen-bond acceptors (Lipinski definition) is 4. The third-order valence-corrected chi connectivity index (χ3v) is 6.07. The summed E-state index contributed by atoms with van der Waals surface area (Å²) >= 11 is 0. The SMILES string of the molecule is COc1cccc(CCC(=O)N2CCOc3ccc(CN4CCCCC4)cc3C2)c1. The molecule has 1 fully saturated rings. The van der Waals surface area contributed by atoms with Crippen LogP contribution in [0.5, 0.6) is 11.5 Å². The minimum atomic E-state index is 0.177. The Hall–Kier alpha value is -2.53. The average Bonchev–Trinajstić information content (AvgIpc) is 3.00. The molecule has 0 bridgehead atoms. The van der Waals surface area contributed by atoms with Crippen molar-refractivity contribution in [1.29, 1.82) is 0 Å². The maximum absolute atomic E-state index is 12.9. The highest BCUT2D eigenvalue weighted by molar-refractivity contribution is 5.76. The van der Waals surface area contributed by atoms with E-state index in [-0.39, 0.29) is 5.91 Å². The maximum Gasteiger partial charge on any atom is 0.223 e. The molecule has 5 nitrogen and oxygen atoms in total. The first-order chi connectivity index (χ1) is 14.7. The Morgan fingerprint density at radius 3 is 2.73 bits per heavy atom. The molecule has 0 radical (unpaired) electrons. The fourth-order valence-corrected chi connectivity index (χ4v) is 4.37. The first-order valence-electron chi connectivity index (χ1n) is 11.1. The molecule has 0 aliphatic carbocycles. The number of benzene rings is 2. The zero-order valence-corrected chi connectivity index (χ0v) is 17.9. The second-order valence-electron chi connectivity index (χ2n) is 8.29. The van der Waals surface area contributed by atoms with E-state index in [0.717, 1.165) is 35.6 Å². The van der Waals surface area contributed by atoms with Crippen molar-refractivity contribution in [2.45, 2.75) is 45.2 Å². The average molecular weight is 409 g/mol. The van der Waals surface area contributed by atoms with E-state index in [1.165, 1.54) is 37.9 Å². The summed E-state index contributed by atoms with van der Waals surface area (Å²) < 4.78 is 11.2. The summed E-state index contributed by atoms with van der Waals surface area (Å²) in [6.45, 7) is 5.15. The lowest BCUT2D eigenvalue weighted by Gasteiger charge is -2.26. The third-order valence-electron chi connectivity index (χ3n) is 6.07. The summed E-state index contributed by atoms with van der Waals surface area (Å²) in [5, 5.41) is 0. The van der Waals surface area contributed by atoms with Gasteiger partial charge in [0.15, 0.2) is 0 Å². The van der Waals surface area contributed by atoms with Crippen LogP contribution in [0.3, 0.4) is 0 Å². The number of hydrogen-bond donors (Lipinski definition) is 0. The largest absolute Gasteiger partial charge is 0.497 e. The van der Waals surface area contributed by atoms with Gasteiger partial charge in [0.25, 0.3) is 0 Å². The van der Waals surface area contributed by atoms with Crippen LogP contribution in [0.4, 0.5) is 0 Å². The number of rotatable bonds is 6. The predicted octanol–water partition coefficient (Wildman–Crippen LogP) is 4.03. The highest BCUT2D eigenvalue weighted by Gasteiger charge is 2.20. The Labute approximate surface area is 179 Å². The molecule has 0 aromatic heterocycles. The number of carbonyl (C=O) groups is 1. The van der Waals surface area contributed by atoms with Crippen molar-refractivity contribution in [2.75, 3.05) is 33.4 Å². The number of amides is 1. The van der Waals surface area contributed by atoms with Gasteiger partial charge in [-0.25, -0.2) is 0 Å². The third kappa shape index (κ3) is 5.33. The van der Waals surface area contributed by atoms with Crippen molar-refractivity contribution in [1.82, 2.24) is 9.80 Å². The van der Waals surface area contributed by atoms with Crippen LogP contribution in [0, 0.1) is 0 Å². The van der Waals surface area contributed by atoms with Gasteiger partial charge in [-0.2, -0.15) is 0 Å². The molecule has 5 heteroatoms. The lowest BCUT2D eigenvalue weighted by atomic mass is 10.1. The Kier molecular flexibility index (Phi) is 6.90. The molecule has 2 aromatic carbocycles. The molecule has 30 heavy (non-hydrogen) atoms. The van der Waals surface area contributed by atoms with Crippen LogP contribution in [0.2, 0.25) is 0 Å². The Morgan fingerprint density at radius 1 is 1.03 bits per heavy atom. The van der Waals surface area contributed by atoms with Gasteiger partial charge in [0.05, 0.1) is 13.7 Å². The van der Waals surface area contributed by atoms with Crippen LogP contribution in [0.25, 0.3) is 0 Å². The summed E-state index contributed by atoms with van der Waals surface area (Å²) in [6, 6.07) is 14.4. The molecule has 1 amide bonds. The molecular formula is C25H32N2O3. The van der Waals surface area contributed by atoms with Gasteiger partial charge in [0.1, 0.15) is 18.1 Å². The molecule has 2 aliphatic heterocycles. The van der Waals surface area contributed by atoms with E-state index in [4.69, 9.17) is 9.47 Å². The van der Waals surface area contributed by atoms with E-state index in [9.17, 15) is 4.79 Å². The van der Waals surface area contributed by atoms with E-state index >= 15 is 0 Å². The van der Waals surface area contributed by atoms with Crippen LogP contribution < -0.4 is 9.47 Å². The molecule has 2 aliphatic rings. The van der Waals surface area contributed by atoms with Crippen molar-refractivity contribution in [2.24, 2.45) is 0 Å². The number of ether oxygens (including phenoxy) is 2. The molecule has 2 aromatic rings. The molecule has 0 N–H and O–H groups in total. The Balaban J connectivity index is 1.38. The van der Waals surface area contributed by atoms with Crippen LogP contribution in [-0.2, 0) is 24.3 Å². The van der Waals surface area contributed by atoms with Crippen molar-refractivity contribution in [3.63, 3.8) is 0 Å². The van der Waals surface area contributed by atoms with Gasteiger partial charge in [-0.3, -0.25) is 9.69 Å². The second-order valence-corrected chi connectivity index (χ2v) is 8.29. The fraction of sp³-hybridized carbons (Fsp3) is 0.480. The van der Waals surface area contributed by atoms with Gasteiger partial charge in [0, 0.05) is 25.1 Å². The summed E-state index contributed by atoms with van der Waals surface area (Å²) in [4.78, 5) is 17.4. The standard InChI is InChI=1S/C25H32N2O3/c1-29-23-7-5-6-20(17-23)9-11-25(28)27-14-15-30-24-10-8-21(16-22(24)19-27)18-26-12-3-2-4-13-26/h5-8,10,16-17H,2-4,9,11-15,18-19H2,1H3. The molecule has 0 spiro atoms. The molecule has 1 saturated heterocycles. The van der Waals surface area contributed by atoms with Crippen molar-refractivity contribution < 1.29 is 14.3 Å². The Morgan fingerprint density at radius 2 is 1.90 bits per heavy atom. The van der Waals surface area contributed by atoms with Gasteiger partial charge in [-0.05, 0) is 67.7 Å². The number of methoxy groups -OCH3 is 1. The van der Waals surface area contributed by atoms with E-state index in [1.54, 1.807) is 7.11 Å². The lowest BCUT2D eigenvalue weighted by Crippen LogP contribution is -2.32. The van der Waals surface area contributed by atoms with Crippen molar-refractivity contribution >= 4 is 5.91 Å². The van der Waals surface area contributed by atoms with Crippen LogP contribution >= 0.6 is 0 Å². The monoisotopic (exact) mass is 408 g/mol. The van der Waals surface area contributed by atoms with Gasteiger partial charge in [-0.1, -0.05) is 24.6 Å². The first-order valence-corrected chi connectivity index (χ1v) is 11.1. The number of likely N-dealkylation sites (tertiary alicyclic amines) is 1. The second kappa shape index (κ2) is 9.98. The lowest BCUT2D eigenvalue weighted by molar-refractivity contribution is -0.131. The molecule has 0 atom stereocenters. The highest BCUT2D eigenvalue weighted by Crippen LogP contribution is 2.26. The molecule has 2 heterocycles. The number of fused-ring (bicyclic) bond motifs is 1. The highest BCUT2D eigenvalue weighted by atomic mass is 16.5. The topological polar surface area (TPSA) is 42.0 Å².